The molecule has 0 atom stereocenters. The highest BCUT2D eigenvalue weighted by Gasteiger charge is 2.05. The van der Waals surface area contributed by atoms with Gasteiger partial charge >= 0.3 is 0 Å². The van der Waals surface area contributed by atoms with Crippen molar-refractivity contribution >= 4 is 11.8 Å². The third-order valence-corrected chi connectivity index (χ3v) is 1.42. The summed E-state index contributed by atoms with van der Waals surface area (Å²) in [5, 5.41) is 6.18. The maximum absolute atomic E-state index is 11.1. The number of aromatic nitrogens is 1. The second-order valence-electron chi connectivity index (χ2n) is 2.62. The molecule has 0 spiro atoms. The lowest BCUT2D eigenvalue weighted by Gasteiger charge is -1.98. The van der Waals surface area contributed by atoms with E-state index in [0.717, 1.165) is 5.69 Å². The first-order valence-electron chi connectivity index (χ1n) is 3.94. The van der Waals surface area contributed by atoms with Gasteiger partial charge in [0.15, 0.2) is 0 Å². The number of nitrogens with zero attached hydrogens (tertiary/aromatic N) is 1. The highest BCUT2D eigenvalue weighted by molar-refractivity contribution is 5.89. The van der Waals surface area contributed by atoms with E-state index >= 15 is 0 Å². The molecule has 5 nitrogen and oxygen atoms in total. The number of hydrogen-bond donors (Lipinski definition) is 1. The van der Waals surface area contributed by atoms with Gasteiger partial charge < -0.3 is 9.26 Å². The van der Waals surface area contributed by atoms with Gasteiger partial charge in [0.2, 0.25) is 11.8 Å². The predicted molar refractivity (Wildman–Crippen MR) is 46.4 cm³/mol. The van der Waals surface area contributed by atoms with Crippen molar-refractivity contribution in [2.45, 2.75) is 13.3 Å². The first kappa shape index (κ1) is 9.73. The molecule has 0 saturated carbocycles. The molecule has 1 rings (SSSR count). The van der Waals surface area contributed by atoms with Gasteiger partial charge in [-0.25, -0.2) is 0 Å². The summed E-state index contributed by atoms with van der Waals surface area (Å²) in [4.78, 5) is 11.1. The van der Waals surface area contributed by atoms with Crippen molar-refractivity contribution in [1.29, 1.82) is 0 Å². The standard InChI is InChI=1S/C8H12N2O3/c1-6-5-8(13-10-6)9-7(11)3-4-12-2/h5H,3-4H2,1-2H3,(H,9,11). The Morgan fingerprint density at radius 3 is 3.08 bits per heavy atom. The molecule has 5 heteroatoms. The zero-order chi connectivity index (χ0) is 9.68. The third-order valence-electron chi connectivity index (χ3n) is 1.42. The first-order valence-corrected chi connectivity index (χ1v) is 3.94. The van der Waals surface area contributed by atoms with Crippen LogP contribution in [0.1, 0.15) is 12.1 Å². The molecule has 0 unspecified atom stereocenters. The Bertz CT molecular complexity index is 283. The van der Waals surface area contributed by atoms with Crippen LogP contribution >= 0.6 is 0 Å². The minimum atomic E-state index is -0.141. The number of amides is 1. The Balaban J connectivity index is 2.36. The molecule has 72 valence electrons. The number of carbonyl (C=O) groups is 1. The van der Waals surface area contributed by atoms with Crippen LogP contribution in [0.15, 0.2) is 10.6 Å². The van der Waals surface area contributed by atoms with Crippen molar-refractivity contribution in [2.24, 2.45) is 0 Å². The van der Waals surface area contributed by atoms with E-state index in [2.05, 4.69) is 10.5 Å². The lowest BCUT2D eigenvalue weighted by atomic mass is 10.4. The molecule has 13 heavy (non-hydrogen) atoms. The molecule has 0 aliphatic heterocycles. The minimum Gasteiger partial charge on any atom is -0.384 e. The van der Waals surface area contributed by atoms with E-state index in [4.69, 9.17) is 9.26 Å². The number of methoxy groups -OCH3 is 1. The average molecular weight is 184 g/mol. The van der Waals surface area contributed by atoms with E-state index in [1.165, 1.54) is 0 Å². The fraction of sp³-hybridized carbons (Fsp3) is 0.500. The van der Waals surface area contributed by atoms with E-state index in [-0.39, 0.29) is 5.91 Å². The largest absolute Gasteiger partial charge is 0.384 e. The number of carbonyl (C=O) groups excluding carboxylic acids is 1. The Morgan fingerprint density at radius 1 is 1.77 bits per heavy atom. The number of aryl methyl sites for hydroxylation is 1. The molecule has 1 N–H and O–H groups in total. The van der Waals surface area contributed by atoms with E-state index in [0.29, 0.717) is 18.9 Å². The van der Waals surface area contributed by atoms with Gasteiger partial charge in [-0.1, -0.05) is 5.16 Å². The Labute approximate surface area is 76.0 Å². The highest BCUT2D eigenvalue weighted by atomic mass is 16.5. The second kappa shape index (κ2) is 4.61. The number of hydrogen-bond acceptors (Lipinski definition) is 4. The highest BCUT2D eigenvalue weighted by Crippen LogP contribution is 2.08. The van der Waals surface area contributed by atoms with Gasteiger partial charge in [-0.3, -0.25) is 10.1 Å². The van der Waals surface area contributed by atoms with Crippen molar-refractivity contribution < 1.29 is 14.1 Å². The minimum absolute atomic E-state index is 0.141. The van der Waals surface area contributed by atoms with Crippen LogP contribution < -0.4 is 5.32 Å². The molecule has 1 aromatic rings. The van der Waals surface area contributed by atoms with Gasteiger partial charge in [-0.05, 0) is 6.92 Å². The molecule has 0 bridgehead atoms. The van der Waals surface area contributed by atoms with Gasteiger partial charge in [-0.2, -0.15) is 0 Å². The Kier molecular flexibility index (Phi) is 3.45. The van der Waals surface area contributed by atoms with Crippen LogP contribution in [-0.4, -0.2) is 24.8 Å². The SMILES string of the molecule is COCCC(=O)Nc1cc(C)no1. The van der Waals surface area contributed by atoms with Gasteiger partial charge in [0.05, 0.1) is 18.7 Å². The summed E-state index contributed by atoms with van der Waals surface area (Å²) < 4.78 is 9.54. The summed E-state index contributed by atoms with van der Waals surface area (Å²) in [6, 6.07) is 1.66. The summed E-state index contributed by atoms with van der Waals surface area (Å²) >= 11 is 0. The molecule has 0 aromatic carbocycles. The summed E-state index contributed by atoms with van der Waals surface area (Å²) in [6.07, 6.45) is 0.316. The summed E-state index contributed by atoms with van der Waals surface area (Å²) in [6.45, 7) is 2.19. The Morgan fingerprint density at radius 2 is 2.54 bits per heavy atom. The lowest BCUT2D eigenvalue weighted by molar-refractivity contribution is -0.117. The smallest absolute Gasteiger partial charge is 0.231 e. The molecule has 1 aromatic heterocycles. The van der Waals surface area contributed by atoms with Gasteiger partial charge in [0, 0.05) is 13.2 Å². The molecule has 0 aliphatic carbocycles. The molecule has 0 aliphatic rings. The van der Waals surface area contributed by atoms with Crippen molar-refractivity contribution in [3.8, 4) is 0 Å². The fourth-order valence-electron chi connectivity index (χ4n) is 0.817. The summed E-state index contributed by atoms with van der Waals surface area (Å²) in [5.41, 5.74) is 0.738. The van der Waals surface area contributed by atoms with Crippen LogP contribution in [0.4, 0.5) is 5.88 Å². The van der Waals surface area contributed by atoms with Crippen LogP contribution in [0.25, 0.3) is 0 Å². The number of anilines is 1. The number of nitrogens with one attached hydrogen (secondary N) is 1. The van der Waals surface area contributed by atoms with Crippen molar-refractivity contribution in [2.75, 3.05) is 19.0 Å². The van der Waals surface area contributed by atoms with Crippen LogP contribution in [0, 0.1) is 6.92 Å². The zero-order valence-electron chi connectivity index (χ0n) is 7.66. The maximum Gasteiger partial charge on any atom is 0.231 e. The molecule has 0 fully saturated rings. The quantitative estimate of drug-likeness (QED) is 0.756. The topological polar surface area (TPSA) is 64.4 Å². The van der Waals surface area contributed by atoms with Gasteiger partial charge in [-0.15, -0.1) is 0 Å². The van der Waals surface area contributed by atoms with Gasteiger partial charge in [0.1, 0.15) is 0 Å². The van der Waals surface area contributed by atoms with E-state index in [1.54, 1.807) is 20.1 Å². The van der Waals surface area contributed by atoms with E-state index < -0.39 is 0 Å². The van der Waals surface area contributed by atoms with E-state index in [1.807, 2.05) is 0 Å². The van der Waals surface area contributed by atoms with Crippen molar-refractivity contribution in [3.05, 3.63) is 11.8 Å². The van der Waals surface area contributed by atoms with Crippen LogP contribution in [0.2, 0.25) is 0 Å². The number of rotatable bonds is 4. The summed E-state index contributed by atoms with van der Waals surface area (Å²) in [7, 11) is 1.55. The van der Waals surface area contributed by atoms with Crippen molar-refractivity contribution in [1.82, 2.24) is 5.16 Å². The average Bonchev–Trinajstić information content (AvgIpc) is 2.48. The van der Waals surface area contributed by atoms with E-state index in [9.17, 15) is 4.79 Å². The Hall–Kier alpha value is -1.36. The molecule has 1 amide bonds. The lowest BCUT2D eigenvalue weighted by Crippen LogP contribution is -2.12. The molecule has 0 saturated heterocycles. The van der Waals surface area contributed by atoms with Crippen LogP contribution in [0.3, 0.4) is 0 Å². The maximum atomic E-state index is 11.1. The zero-order valence-corrected chi connectivity index (χ0v) is 7.66. The monoisotopic (exact) mass is 184 g/mol. The van der Waals surface area contributed by atoms with Crippen molar-refractivity contribution in [3.63, 3.8) is 0 Å². The predicted octanol–water partition coefficient (Wildman–Crippen LogP) is 0.958. The molecule has 0 radical (unpaired) electrons. The third kappa shape index (κ3) is 3.25. The molecule has 1 heterocycles. The molecular formula is C8H12N2O3. The van der Waals surface area contributed by atoms with Crippen LogP contribution in [-0.2, 0) is 9.53 Å². The molecular weight excluding hydrogens is 172 g/mol. The normalized spacial score (nSPS) is 10.0. The second-order valence-corrected chi connectivity index (χ2v) is 2.62. The fourth-order valence-corrected chi connectivity index (χ4v) is 0.817. The van der Waals surface area contributed by atoms with Gasteiger partial charge in [0.25, 0.3) is 0 Å². The van der Waals surface area contributed by atoms with Crippen LogP contribution in [0.5, 0.6) is 0 Å². The summed E-state index contributed by atoms with van der Waals surface area (Å²) in [5.74, 6) is 0.233. The number of ether oxygens (including phenoxy) is 1. The first-order chi connectivity index (χ1) is 6.22.